The highest BCUT2D eigenvalue weighted by atomic mass is 16.5. The summed E-state index contributed by atoms with van der Waals surface area (Å²) < 4.78 is 7.22. The first-order chi connectivity index (χ1) is 7.61. The van der Waals surface area contributed by atoms with E-state index in [2.05, 4.69) is 23.8 Å². The van der Waals surface area contributed by atoms with Crippen LogP contribution in [0.1, 0.15) is 44.1 Å². The summed E-state index contributed by atoms with van der Waals surface area (Å²) in [5, 5.41) is 0. The fourth-order valence-electron chi connectivity index (χ4n) is 1.54. The standard InChI is InChI=1S/C12H17N3O/c1-8(2)11-7-15-6-10(9(3)16-4)5-13-12(15)14-11/h5-9H,1-4H3. The van der Waals surface area contributed by atoms with Crippen molar-refractivity contribution < 1.29 is 4.74 Å². The monoisotopic (exact) mass is 219 g/mol. The van der Waals surface area contributed by atoms with Crippen LogP contribution >= 0.6 is 0 Å². The summed E-state index contributed by atoms with van der Waals surface area (Å²) in [6.07, 6.45) is 5.93. The van der Waals surface area contributed by atoms with Crippen molar-refractivity contribution >= 4 is 5.78 Å². The fourth-order valence-corrected chi connectivity index (χ4v) is 1.54. The van der Waals surface area contributed by atoms with Gasteiger partial charge in [0, 0.05) is 31.3 Å². The van der Waals surface area contributed by atoms with Crippen molar-refractivity contribution in [3.8, 4) is 0 Å². The van der Waals surface area contributed by atoms with Crippen LogP contribution in [0.5, 0.6) is 0 Å². The molecule has 0 aliphatic carbocycles. The Morgan fingerprint density at radius 3 is 2.62 bits per heavy atom. The molecule has 0 amide bonds. The molecule has 0 saturated carbocycles. The molecule has 16 heavy (non-hydrogen) atoms. The molecule has 0 bridgehead atoms. The van der Waals surface area contributed by atoms with Crippen LogP contribution in [0.3, 0.4) is 0 Å². The van der Waals surface area contributed by atoms with Crippen LogP contribution in [-0.2, 0) is 4.74 Å². The summed E-state index contributed by atoms with van der Waals surface area (Å²) >= 11 is 0. The maximum absolute atomic E-state index is 5.27. The predicted molar refractivity (Wildman–Crippen MR) is 62.5 cm³/mol. The van der Waals surface area contributed by atoms with E-state index in [1.807, 2.05) is 29.9 Å². The second kappa shape index (κ2) is 4.22. The molecule has 1 unspecified atom stereocenters. The van der Waals surface area contributed by atoms with Gasteiger partial charge in [-0.3, -0.25) is 4.40 Å². The van der Waals surface area contributed by atoms with E-state index in [4.69, 9.17) is 4.74 Å². The van der Waals surface area contributed by atoms with Crippen molar-refractivity contribution in [3.05, 3.63) is 29.8 Å². The van der Waals surface area contributed by atoms with Crippen LogP contribution in [0.4, 0.5) is 0 Å². The molecule has 2 heterocycles. The topological polar surface area (TPSA) is 39.4 Å². The van der Waals surface area contributed by atoms with Gasteiger partial charge in [0.15, 0.2) is 0 Å². The van der Waals surface area contributed by atoms with Gasteiger partial charge in [-0.1, -0.05) is 13.8 Å². The molecule has 0 aliphatic rings. The lowest BCUT2D eigenvalue weighted by atomic mass is 10.2. The molecule has 0 aromatic carbocycles. The largest absolute Gasteiger partial charge is 0.377 e. The number of hydrogen-bond acceptors (Lipinski definition) is 3. The van der Waals surface area contributed by atoms with E-state index in [1.165, 1.54) is 0 Å². The Kier molecular flexibility index (Phi) is 2.92. The number of methoxy groups -OCH3 is 1. The highest BCUT2D eigenvalue weighted by Gasteiger charge is 2.09. The molecule has 2 aromatic rings. The molecule has 86 valence electrons. The number of aromatic nitrogens is 3. The third-order valence-corrected chi connectivity index (χ3v) is 2.76. The average molecular weight is 219 g/mol. The number of ether oxygens (including phenoxy) is 1. The molecule has 0 aliphatic heterocycles. The molecule has 4 heteroatoms. The van der Waals surface area contributed by atoms with Crippen molar-refractivity contribution in [1.29, 1.82) is 0 Å². The lowest BCUT2D eigenvalue weighted by Crippen LogP contribution is -1.99. The summed E-state index contributed by atoms with van der Waals surface area (Å²) in [5.41, 5.74) is 2.12. The zero-order chi connectivity index (χ0) is 11.7. The fraction of sp³-hybridized carbons (Fsp3) is 0.500. The van der Waals surface area contributed by atoms with E-state index in [1.54, 1.807) is 7.11 Å². The third-order valence-electron chi connectivity index (χ3n) is 2.76. The highest BCUT2D eigenvalue weighted by Crippen LogP contribution is 2.17. The van der Waals surface area contributed by atoms with Crippen LogP contribution in [0, 0.1) is 0 Å². The molecular weight excluding hydrogens is 202 g/mol. The van der Waals surface area contributed by atoms with Gasteiger partial charge in [-0.15, -0.1) is 0 Å². The number of imidazole rings is 1. The smallest absolute Gasteiger partial charge is 0.233 e. The van der Waals surface area contributed by atoms with E-state index in [9.17, 15) is 0 Å². The van der Waals surface area contributed by atoms with Crippen LogP contribution in [0.25, 0.3) is 5.78 Å². The van der Waals surface area contributed by atoms with Crippen molar-refractivity contribution in [3.63, 3.8) is 0 Å². The minimum atomic E-state index is 0.0572. The molecule has 0 N–H and O–H groups in total. The lowest BCUT2D eigenvalue weighted by molar-refractivity contribution is 0.119. The van der Waals surface area contributed by atoms with Gasteiger partial charge in [-0.2, -0.15) is 0 Å². The molecule has 2 aromatic heterocycles. The minimum absolute atomic E-state index is 0.0572. The quantitative estimate of drug-likeness (QED) is 0.796. The van der Waals surface area contributed by atoms with Crippen molar-refractivity contribution in [2.75, 3.05) is 7.11 Å². The first kappa shape index (κ1) is 11.1. The summed E-state index contributed by atoms with van der Waals surface area (Å²) in [6, 6.07) is 0. The Morgan fingerprint density at radius 1 is 1.25 bits per heavy atom. The van der Waals surface area contributed by atoms with Crippen LogP contribution in [0.15, 0.2) is 18.6 Å². The Balaban J connectivity index is 2.45. The number of hydrogen-bond donors (Lipinski definition) is 0. The molecule has 2 rings (SSSR count). The van der Waals surface area contributed by atoms with E-state index >= 15 is 0 Å². The molecule has 0 spiro atoms. The summed E-state index contributed by atoms with van der Waals surface area (Å²) in [6.45, 7) is 6.25. The number of nitrogens with zero attached hydrogens (tertiary/aromatic N) is 3. The SMILES string of the molecule is COC(C)c1cnc2nc(C(C)C)cn2c1. The van der Waals surface area contributed by atoms with E-state index < -0.39 is 0 Å². The Bertz CT molecular complexity index is 490. The van der Waals surface area contributed by atoms with Gasteiger partial charge >= 0.3 is 0 Å². The average Bonchev–Trinajstić information content (AvgIpc) is 2.70. The minimum Gasteiger partial charge on any atom is -0.377 e. The third kappa shape index (κ3) is 1.93. The van der Waals surface area contributed by atoms with E-state index in [0.717, 1.165) is 17.0 Å². The van der Waals surface area contributed by atoms with Crippen molar-refractivity contribution in [2.45, 2.75) is 32.8 Å². The van der Waals surface area contributed by atoms with Gasteiger partial charge in [0.05, 0.1) is 11.8 Å². The Labute approximate surface area is 95.3 Å². The van der Waals surface area contributed by atoms with Crippen LogP contribution in [0.2, 0.25) is 0 Å². The first-order valence-electron chi connectivity index (χ1n) is 5.49. The number of fused-ring (bicyclic) bond motifs is 1. The van der Waals surface area contributed by atoms with E-state index in [-0.39, 0.29) is 6.10 Å². The summed E-state index contributed by atoms with van der Waals surface area (Å²) in [5.74, 6) is 1.17. The normalized spacial score (nSPS) is 13.6. The van der Waals surface area contributed by atoms with Gasteiger partial charge in [0.25, 0.3) is 0 Å². The molecule has 0 radical (unpaired) electrons. The second-order valence-electron chi connectivity index (χ2n) is 4.29. The van der Waals surface area contributed by atoms with Crippen LogP contribution < -0.4 is 0 Å². The lowest BCUT2D eigenvalue weighted by Gasteiger charge is -2.08. The highest BCUT2D eigenvalue weighted by molar-refractivity contribution is 5.33. The molecule has 0 fully saturated rings. The van der Waals surface area contributed by atoms with E-state index in [0.29, 0.717) is 5.92 Å². The van der Waals surface area contributed by atoms with Gasteiger partial charge in [0.1, 0.15) is 0 Å². The first-order valence-corrected chi connectivity index (χ1v) is 5.49. The second-order valence-corrected chi connectivity index (χ2v) is 4.29. The predicted octanol–water partition coefficient (Wildman–Crippen LogP) is 2.56. The van der Waals surface area contributed by atoms with Crippen molar-refractivity contribution in [1.82, 2.24) is 14.4 Å². The Hall–Kier alpha value is -1.42. The maximum atomic E-state index is 5.27. The van der Waals surface area contributed by atoms with Gasteiger partial charge in [-0.05, 0) is 12.8 Å². The maximum Gasteiger partial charge on any atom is 0.233 e. The van der Waals surface area contributed by atoms with Gasteiger partial charge in [0.2, 0.25) is 5.78 Å². The number of rotatable bonds is 3. The molecule has 1 atom stereocenters. The van der Waals surface area contributed by atoms with Gasteiger partial charge in [-0.25, -0.2) is 9.97 Å². The van der Waals surface area contributed by atoms with Crippen molar-refractivity contribution in [2.24, 2.45) is 0 Å². The van der Waals surface area contributed by atoms with Crippen LogP contribution in [-0.4, -0.2) is 21.5 Å². The van der Waals surface area contributed by atoms with Gasteiger partial charge < -0.3 is 4.74 Å². The Morgan fingerprint density at radius 2 is 2.00 bits per heavy atom. The molecule has 0 saturated heterocycles. The summed E-state index contributed by atoms with van der Waals surface area (Å²) in [4.78, 5) is 8.77. The molecular formula is C12H17N3O. The molecule has 4 nitrogen and oxygen atoms in total. The zero-order valence-electron chi connectivity index (χ0n) is 10.1. The summed E-state index contributed by atoms with van der Waals surface area (Å²) in [7, 11) is 1.70. The zero-order valence-corrected chi connectivity index (χ0v) is 10.1.